The molecule has 2 aromatic rings. The summed E-state index contributed by atoms with van der Waals surface area (Å²) in [6, 6.07) is 4.62. The van der Waals surface area contributed by atoms with E-state index in [4.69, 9.17) is 0 Å². The van der Waals surface area contributed by atoms with Crippen LogP contribution in [0.25, 0.3) is 0 Å². The smallest absolute Gasteiger partial charge is 0.101 e. The van der Waals surface area contributed by atoms with Crippen LogP contribution in [0.4, 0.5) is 0 Å². The van der Waals surface area contributed by atoms with Gasteiger partial charge >= 0.3 is 0 Å². The lowest BCUT2D eigenvalue weighted by Crippen LogP contribution is -2.09. The molecule has 2 heterocycles. The maximum Gasteiger partial charge on any atom is 0.101 e. The van der Waals surface area contributed by atoms with Gasteiger partial charge in [-0.15, -0.1) is 0 Å². The van der Waals surface area contributed by atoms with E-state index < -0.39 is 6.10 Å². The summed E-state index contributed by atoms with van der Waals surface area (Å²) in [7, 11) is 0. The van der Waals surface area contributed by atoms with Crippen LogP contribution in [0.15, 0.2) is 30.9 Å². The van der Waals surface area contributed by atoms with E-state index in [1.54, 1.807) is 6.20 Å². The van der Waals surface area contributed by atoms with Crippen molar-refractivity contribution in [2.24, 2.45) is 0 Å². The lowest BCUT2D eigenvalue weighted by molar-refractivity contribution is 0.167. The van der Waals surface area contributed by atoms with Crippen LogP contribution in [0.2, 0.25) is 0 Å². The van der Waals surface area contributed by atoms with Crippen LogP contribution in [-0.2, 0) is 12.8 Å². The molecule has 2 aromatic heterocycles. The standard InChI is InChI=1S/C15H19N3O/c1-2-11-3-4-12(17-8-11)7-15(19)14-9-16-10-18(14)13-5-6-13/h3-4,8-10,13,15,19H,2,5-7H2,1H3. The summed E-state index contributed by atoms with van der Waals surface area (Å²) in [4.78, 5) is 8.56. The Balaban J connectivity index is 1.72. The van der Waals surface area contributed by atoms with Gasteiger partial charge in [-0.2, -0.15) is 0 Å². The fourth-order valence-corrected chi connectivity index (χ4v) is 2.32. The Bertz CT molecular complexity index is 543. The summed E-state index contributed by atoms with van der Waals surface area (Å²) in [6.45, 7) is 2.11. The number of aliphatic hydroxyl groups excluding tert-OH is 1. The molecule has 1 N–H and O–H groups in total. The van der Waals surface area contributed by atoms with Crippen molar-refractivity contribution in [3.05, 3.63) is 47.8 Å². The SMILES string of the molecule is CCc1ccc(CC(O)c2cncn2C2CC2)nc1. The molecule has 1 fully saturated rings. The molecule has 1 aliphatic carbocycles. The molecule has 1 unspecified atom stereocenters. The van der Waals surface area contributed by atoms with Crippen LogP contribution in [0.1, 0.15) is 48.9 Å². The van der Waals surface area contributed by atoms with Gasteiger partial charge in [0.2, 0.25) is 0 Å². The minimum Gasteiger partial charge on any atom is -0.386 e. The second kappa shape index (κ2) is 5.13. The molecule has 1 aliphatic rings. The van der Waals surface area contributed by atoms with Gasteiger partial charge < -0.3 is 9.67 Å². The van der Waals surface area contributed by atoms with E-state index in [0.717, 1.165) is 17.8 Å². The molecular weight excluding hydrogens is 238 g/mol. The van der Waals surface area contributed by atoms with E-state index >= 15 is 0 Å². The van der Waals surface area contributed by atoms with E-state index in [0.29, 0.717) is 12.5 Å². The second-order valence-electron chi connectivity index (χ2n) is 5.19. The number of pyridine rings is 1. The van der Waals surface area contributed by atoms with Gasteiger partial charge in [-0.05, 0) is 30.9 Å². The van der Waals surface area contributed by atoms with Crippen LogP contribution in [-0.4, -0.2) is 19.6 Å². The van der Waals surface area contributed by atoms with Gasteiger partial charge in [-0.1, -0.05) is 13.0 Å². The Morgan fingerprint density at radius 1 is 1.37 bits per heavy atom. The molecule has 0 spiro atoms. The van der Waals surface area contributed by atoms with Gasteiger partial charge in [0.1, 0.15) is 6.10 Å². The van der Waals surface area contributed by atoms with Crippen molar-refractivity contribution in [3.8, 4) is 0 Å². The van der Waals surface area contributed by atoms with Gasteiger partial charge in [-0.25, -0.2) is 4.98 Å². The van der Waals surface area contributed by atoms with Gasteiger partial charge in [0.05, 0.1) is 18.2 Å². The monoisotopic (exact) mass is 257 g/mol. The number of hydrogen-bond donors (Lipinski definition) is 1. The van der Waals surface area contributed by atoms with Crippen molar-refractivity contribution in [2.45, 2.75) is 44.8 Å². The number of nitrogens with zero attached hydrogens (tertiary/aromatic N) is 3. The molecule has 0 radical (unpaired) electrons. The normalized spacial score (nSPS) is 16.5. The minimum absolute atomic E-state index is 0.525. The number of rotatable bonds is 5. The third-order valence-corrected chi connectivity index (χ3v) is 3.67. The fourth-order valence-electron chi connectivity index (χ4n) is 2.32. The molecule has 4 heteroatoms. The third kappa shape index (κ3) is 2.68. The average molecular weight is 257 g/mol. The highest BCUT2D eigenvalue weighted by Crippen LogP contribution is 2.37. The van der Waals surface area contributed by atoms with E-state index in [1.165, 1.54) is 18.4 Å². The van der Waals surface area contributed by atoms with Crippen molar-refractivity contribution in [3.63, 3.8) is 0 Å². The predicted octanol–water partition coefficient (Wildman–Crippen LogP) is 2.45. The zero-order valence-corrected chi connectivity index (χ0v) is 11.2. The summed E-state index contributed by atoms with van der Waals surface area (Å²) in [5.74, 6) is 0. The number of aliphatic hydroxyl groups is 1. The van der Waals surface area contributed by atoms with Crippen molar-refractivity contribution in [2.75, 3.05) is 0 Å². The number of hydrogen-bond acceptors (Lipinski definition) is 3. The lowest BCUT2D eigenvalue weighted by atomic mass is 10.1. The summed E-state index contributed by atoms with van der Waals surface area (Å²) >= 11 is 0. The Morgan fingerprint density at radius 3 is 2.84 bits per heavy atom. The number of aryl methyl sites for hydroxylation is 1. The Morgan fingerprint density at radius 2 is 2.21 bits per heavy atom. The van der Waals surface area contributed by atoms with E-state index in [1.807, 2.05) is 18.6 Å². The molecule has 0 aliphatic heterocycles. The Hall–Kier alpha value is -1.68. The van der Waals surface area contributed by atoms with Crippen LogP contribution in [0, 0.1) is 0 Å². The topological polar surface area (TPSA) is 50.9 Å². The molecule has 3 rings (SSSR count). The predicted molar refractivity (Wildman–Crippen MR) is 72.8 cm³/mol. The quantitative estimate of drug-likeness (QED) is 0.895. The Labute approximate surface area is 113 Å². The van der Waals surface area contributed by atoms with Crippen LogP contribution in [0.3, 0.4) is 0 Å². The first kappa shape index (κ1) is 12.4. The lowest BCUT2D eigenvalue weighted by Gasteiger charge is -2.13. The summed E-state index contributed by atoms with van der Waals surface area (Å²) < 4.78 is 2.10. The van der Waals surface area contributed by atoms with Crippen molar-refractivity contribution < 1.29 is 5.11 Å². The third-order valence-electron chi connectivity index (χ3n) is 3.67. The van der Waals surface area contributed by atoms with Gasteiger partial charge in [0, 0.05) is 24.4 Å². The molecule has 19 heavy (non-hydrogen) atoms. The molecule has 100 valence electrons. The maximum absolute atomic E-state index is 10.3. The molecule has 4 nitrogen and oxygen atoms in total. The summed E-state index contributed by atoms with van der Waals surface area (Å²) in [5.41, 5.74) is 3.05. The molecular formula is C15H19N3O. The summed E-state index contributed by atoms with van der Waals surface area (Å²) in [5, 5.41) is 10.3. The van der Waals surface area contributed by atoms with Crippen LogP contribution >= 0.6 is 0 Å². The highest BCUT2D eigenvalue weighted by Gasteiger charge is 2.27. The van der Waals surface area contributed by atoms with Gasteiger partial charge in [-0.3, -0.25) is 4.98 Å². The van der Waals surface area contributed by atoms with Gasteiger partial charge in [0.15, 0.2) is 0 Å². The highest BCUT2D eigenvalue weighted by molar-refractivity contribution is 5.16. The van der Waals surface area contributed by atoms with Crippen molar-refractivity contribution in [1.29, 1.82) is 0 Å². The fraction of sp³-hybridized carbons (Fsp3) is 0.467. The largest absolute Gasteiger partial charge is 0.386 e. The number of imidazole rings is 1. The van der Waals surface area contributed by atoms with Crippen molar-refractivity contribution in [1.82, 2.24) is 14.5 Å². The first-order chi connectivity index (χ1) is 9.28. The maximum atomic E-state index is 10.3. The minimum atomic E-state index is -0.525. The molecule has 0 aromatic carbocycles. The molecule has 1 saturated carbocycles. The molecule has 1 atom stereocenters. The highest BCUT2D eigenvalue weighted by atomic mass is 16.3. The van der Waals surface area contributed by atoms with E-state index in [-0.39, 0.29) is 0 Å². The summed E-state index contributed by atoms with van der Waals surface area (Å²) in [6.07, 6.45) is 8.88. The second-order valence-corrected chi connectivity index (χ2v) is 5.19. The first-order valence-corrected chi connectivity index (χ1v) is 6.91. The van der Waals surface area contributed by atoms with E-state index in [9.17, 15) is 5.11 Å². The first-order valence-electron chi connectivity index (χ1n) is 6.91. The zero-order chi connectivity index (χ0) is 13.2. The molecule has 0 bridgehead atoms. The average Bonchev–Trinajstić information content (AvgIpc) is 3.16. The Kier molecular flexibility index (Phi) is 3.34. The van der Waals surface area contributed by atoms with Gasteiger partial charge in [0.25, 0.3) is 0 Å². The molecule has 0 saturated heterocycles. The number of aromatic nitrogens is 3. The van der Waals surface area contributed by atoms with Crippen molar-refractivity contribution >= 4 is 0 Å². The van der Waals surface area contributed by atoms with Crippen LogP contribution < -0.4 is 0 Å². The van der Waals surface area contributed by atoms with E-state index in [2.05, 4.69) is 27.5 Å². The molecule has 0 amide bonds. The van der Waals surface area contributed by atoms with Crippen LogP contribution in [0.5, 0.6) is 0 Å². The zero-order valence-electron chi connectivity index (χ0n) is 11.2.